The van der Waals surface area contributed by atoms with E-state index in [1.54, 1.807) is 0 Å². The summed E-state index contributed by atoms with van der Waals surface area (Å²) in [6.07, 6.45) is 0. The average Bonchev–Trinajstić information content (AvgIpc) is 3.31. The molecule has 8 heteroatoms. The molecule has 0 atom stereocenters. The van der Waals surface area contributed by atoms with Crippen molar-refractivity contribution in [1.29, 1.82) is 0 Å². The highest BCUT2D eigenvalue weighted by Crippen LogP contribution is 2.22. The van der Waals surface area contributed by atoms with Crippen LogP contribution < -0.4 is 10.2 Å². The Bertz CT molecular complexity index is 787. The lowest BCUT2D eigenvalue weighted by Crippen LogP contribution is -2.52. The van der Waals surface area contributed by atoms with Gasteiger partial charge in [-0.15, -0.1) is 35.3 Å². The van der Waals surface area contributed by atoms with Gasteiger partial charge in [0.2, 0.25) is 0 Å². The lowest BCUT2D eigenvalue weighted by Gasteiger charge is -2.37. The first-order valence-corrected chi connectivity index (χ1v) is 11.3. The maximum atomic E-state index is 5.48. The second-order valence-corrected chi connectivity index (χ2v) is 8.41. The second-order valence-electron chi connectivity index (χ2n) is 7.48. The third kappa shape index (κ3) is 6.09. The zero-order valence-electron chi connectivity index (χ0n) is 17.6. The van der Waals surface area contributed by atoms with Crippen molar-refractivity contribution >= 4 is 46.3 Å². The van der Waals surface area contributed by atoms with Gasteiger partial charge in [0.25, 0.3) is 0 Å². The molecule has 0 amide bonds. The zero-order chi connectivity index (χ0) is 19.9. The summed E-state index contributed by atoms with van der Waals surface area (Å²) in [5.41, 5.74) is 2.73. The summed E-state index contributed by atoms with van der Waals surface area (Å²) in [5, 5.41) is 7.11. The van der Waals surface area contributed by atoms with Gasteiger partial charge in [-0.1, -0.05) is 24.3 Å². The SMILES string of the molecule is CN=C(NCc1ccccc1CN1CCOCC1)N1CCN(c2cccs2)CC1.I. The highest BCUT2D eigenvalue weighted by molar-refractivity contribution is 14.0. The number of morpholine rings is 1. The summed E-state index contributed by atoms with van der Waals surface area (Å²) in [6, 6.07) is 13.1. The molecular formula is C22H32IN5OS. The highest BCUT2D eigenvalue weighted by atomic mass is 127. The van der Waals surface area contributed by atoms with Crippen LogP contribution in [0.5, 0.6) is 0 Å². The molecule has 0 spiro atoms. The molecule has 2 fully saturated rings. The molecule has 30 heavy (non-hydrogen) atoms. The number of benzene rings is 1. The van der Waals surface area contributed by atoms with Gasteiger partial charge in [0.15, 0.2) is 5.96 Å². The van der Waals surface area contributed by atoms with Crippen LogP contribution in [0.2, 0.25) is 0 Å². The maximum Gasteiger partial charge on any atom is 0.194 e. The average molecular weight is 542 g/mol. The fourth-order valence-electron chi connectivity index (χ4n) is 3.98. The van der Waals surface area contributed by atoms with E-state index in [2.05, 4.69) is 66.8 Å². The third-order valence-electron chi connectivity index (χ3n) is 5.66. The molecule has 2 aromatic rings. The van der Waals surface area contributed by atoms with E-state index in [1.807, 2.05) is 18.4 Å². The number of nitrogens with one attached hydrogen (secondary N) is 1. The van der Waals surface area contributed by atoms with Gasteiger partial charge in [-0.3, -0.25) is 9.89 Å². The molecule has 2 aliphatic heterocycles. The van der Waals surface area contributed by atoms with Gasteiger partial charge in [-0.05, 0) is 28.6 Å². The molecule has 2 saturated heterocycles. The lowest BCUT2D eigenvalue weighted by molar-refractivity contribution is 0.0341. The van der Waals surface area contributed by atoms with Crippen LogP contribution in [0.1, 0.15) is 11.1 Å². The van der Waals surface area contributed by atoms with Crippen LogP contribution in [0.4, 0.5) is 5.00 Å². The monoisotopic (exact) mass is 541 g/mol. The molecule has 6 nitrogen and oxygen atoms in total. The quantitative estimate of drug-likeness (QED) is 0.358. The molecule has 0 aliphatic carbocycles. The summed E-state index contributed by atoms with van der Waals surface area (Å²) >= 11 is 1.82. The molecule has 0 radical (unpaired) electrons. The Balaban J connectivity index is 0.00000256. The molecule has 1 aromatic carbocycles. The molecule has 1 N–H and O–H groups in total. The predicted octanol–water partition coefficient (Wildman–Crippen LogP) is 3.10. The van der Waals surface area contributed by atoms with Crippen LogP contribution >= 0.6 is 35.3 Å². The number of halogens is 1. The van der Waals surface area contributed by atoms with E-state index in [4.69, 9.17) is 4.74 Å². The van der Waals surface area contributed by atoms with E-state index in [0.29, 0.717) is 0 Å². The van der Waals surface area contributed by atoms with Gasteiger partial charge in [0.05, 0.1) is 18.2 Å². The van der Waals surface area contributed by atoms with Gasteiger partial charge in [-0.2, -0.15) is 0 Å². The topological polar surface area (TPSA) is 43.3 Å². The van der Waals surface area contributed by atoms with Crippen LogP contribution in [0.15, 0.2) is 46.8 Å². The Morgan fingerprint density at radius 3 is 2.40 bits per heavy atom. The van der Waals surface area contributed by atoms with Crippen molar-refractivity contribution in [3.8, 4) is 0 Å². The molecule has 0 unspecified atom stereocenters. The number of aliphatic imine (C=N–C) groups is 1. The number of hydrogen-bond donors (Lipinski definition) is 1. The molecule has 0 bridgehead atoms. The fourth-order valence-corrected chi connectivity index (χ4v) is 4.76. The van der Waals surface area contributed by atoms with Gasteiger partial charge in [0.1, 0.15) is 0 Å². The molecule has 1 aromatic heterocycles. The first kappa shape index (κ1) is 23.3. The number of thiophene rings is 1. The first-order chi connectivity index (χ1) is 14.3. The van der Waals surface area contributed by atoms with E-state index in [0.717, 1.165) is 71.5 Å². The van der Waals surface area contributed by atoms with Crippen molar-refractivity contribution in [2.75, 3.05) is 64.4 Å². The van der Waals surface area contributed by atoms with Gasteiger partial charge < -0.3 is 19.9 Å². The van der Waals surface area contributed by atoms with Crippen LogP contribution in [0.25, 0.3) is 0 Å². The summed E-state index contributed by atoms with van der Waals surface area (Å²) < 4.78 is 5.48. The molecule has 0 saturated carbocycles. The Labute approximate surface area is 200 Å². The van der Waals surface area contributed by atoms with Gasteiger partial charge in [0, 0.05) is 59.4 Å². The van der Waals surface area contributed by atoms with Gasteiger partial charge in [-0.25, -0.2) is 0 Å². The van der Waals surface area contributed by atoms with Crippen LogP contribution in [-0.2, 0) is 17.8 Å². The molecule has 164 valence electrons. The summed E-state index contributed by atoms with van der Waals surface area (Å²) in [6.45, 7) is 9.55. The Kier molecular flexibility index (Phi) is 9.23. The number of nitrogens with zero attached hydrogens (tertiary/aromatic N) is 4. The molecule has 4 rings (SSSR count). The Morgan fingerprint density at radius 2 is 1.73 bits per heavy atom. The molecule has 2 aliphatic rings. The standard InChI is InChI=1S/C22H31N5OS.HI/c1-23-22(27-10-8-26(9-11-27)21-7-4-16-29-21)24-17-19-5-2-3-6-20(19)18-25-12-14-28-15-13-25;/h2-7,16H,8-15,17-18H2,1H3,(H,23,24);1H. The third-order valence-corrected chi connectivity index (χ3v) is 6.59. The number of rotatable bonds is 5. The zero-order valence-corrected chi connectivity index (χ0v) is 20.8. The second kappa shape index (κ2) is 11.9. The van der Waals surface area contributed by atoms with E-state index < -0.39 is 0 Å². The Morgan fingerprint density at radius 1 is 1.00 bits per heavy atom. The predicted molar refractivity (Wildman–Crippen MR) is 136 cm³/mol. The Hall–Kier alpha value is -1.36. The lowest BCUT2D eigenvalue weighted by atomic mass is 10.1. The van der Waals surface area contributed by atoms with Crippen molar-refractivity contribution in [2.45, 2.75) is 13.1 Å². The summed E-state index contributed by atoms with van der Waals surface area (Å²) in [7, 11) is 1.88. The first-order valence-electron chi connectivity index (χ1n) is 10.4. The highest BCUT2D eigenvalue weighted by Gasteiger charge is 2.20. The van der Waals surface area contributed by atoms with Crippen LogP contribution in [-0.4, -0.2) is 75.3 Å². The largest absolute Gasteiger partial charge is 0.379 e. The maximum absolute atomic E-state index is 5.48. The van der Waals surface area contributed by atoms with Crippen LogP contribution in [0.3, 0.4) is 0 Å². The van der Waals surface area contributed by atoms with Crippen molar-refractivity contribution in [3.05, 3.63) is 52.9 Å². The van der Waals surface area contributed by atoms with E-state index in [1.165, 1.54) is 16.1 Å². The van der Waals surface area contributed by atoms with Crippen LogP contribution in [0, 0.1) is 0 Å². The normalized spacial score (nSPS) is 18.2. The van der Waals surface area contributed by atoms with E-state index >= 15 is 0 Å². The smallest absolute Gasteiger partial charge is 0.194 e. The minimum atomic E-state index is 0. The van der Waals surface area contributed by atoms with E-state index in [9.17, 15) is 0 Å². The van der Waals surface area contributed by atoms with E-state index in [-0.39, 0.29) is 24.0 Å². The minimum absolute atomic E-state index is 0. The molecule has 3 heterocycles. The fraction of sp³-hybridized carbons (Fsp3) is 0.500. The van der Waals surface area contributed by atoms with Gasteiger partial charge >= 0.3 is 0 Å². The number of piperazine rings is 1. The molecular weight excluding hydrogens is 509 g/mol. The number of anilines is 1. The number of guanidine groups is 1. The van der Waals surface area contributed by atoms with Crippen molar-refractivity contribution < 1.29 is 4.74 Å². The number of hydrogen-bond acceptors (Lipinski definition) is 5. The number of ether oxygens (including phenoxy) is 1. The summed E-state index contributed by atoms with van der Waals surface area (Å²) in [5.74, 6) is 0.997. The minimum Gasteiger partial charge on any atom is -0.379 e. The van der Waals surface area contributed by atoms with Crippen molar-refractivity contribution in [1.82, 2.24) is 15.1 Å². The van der Waals surface area contributed by atoms with Crippen molar-refractivity contribution in [3.63, 3.8) is 0 Å². The van der Waals surface area contributed by atoms with Crippen molar-refractivity contribution in [2.24, 2.45) is 4.99 Å². The summed E-state index contributed by atoms with van der Waals surface area (Å²) in [4.78, 5) is 11.9.